The van der Waals surface area contributed by atoms with Gasteiger partial charge in [0.2, 0.25) is 0 Å². The molecule has 0 bridgehead atoms. The molecule has 1 saturated heterocycles. The zero-order valence-electron chi connectivity index (χ0n) is 9.93. The van der Waals surface area contributed by atoms with Crippen molar-refractivity contribution in [2.45, 2.75) is 36.6 Å². The molecule has 1 aliphatic rings. The topological polar surface area (TPSA) is 194 Å². The summed E-state index contributed by atoms with van der Waals surface area (Å²) in [6, 6.07) is 0. The lowest BCUT2D eigenvalue weighted by molar-refractivity contribution is -0.302. The maximum Gasteiger partial charge on any atom is 0.472 e. The number of aliphatic hydroxyl groups excluding tert-OH is 4. The number of phosphoric ester groups is 1. The van der Waals surface area contributed by atoms with E-state index in [0.29, 0.717) is 0 Å². The van der Waals surface area contributed by atoms with Crippen molar-refractivity contribution >= 4 is 13.8 Å². The maximum atomic E-state index is 11.1. The van der Waals surface area contributed by atoms with Crippen LogP contribution in [0.1, 0.15) is 6.42 Å². The van der Waals surface area contributed by atoms with Crippen molar-refractivity contribution in [1.82, 2.24) is 0 Å². The van der Waals surface area contributed by atoms with Crippen LogP contribution in [-0.2, 0) is 18.6 Å². The first kappa shape index (κ1) is 17.4. The minimum Gasteiger partial charge on any atom is -0.477 e. The number of ether oxygens (including phenoxy) is 1. The van der Waals surface area contributed by atoms with Gasteiger partial charge in [-0.05, 0) is 0 Å². The molecule has 0 radical (unpaired) electrons. The van der Waals surface area contributed by atoms with Crippen LogP contribution >= 0.6 is 7.82 Å². The molecule has 0 aromatic rings. The number of carbonyl (C=O) groups is 1. The molecule has 0 amide bonds. The van der Waals surface area contributed by atoms with Crippen molar-refractivity contribution in [3.8, 4) is 0 Å². The smallest absolute Gasteiger partial charge is 0.472 e. The zero-order chi connectivity index (χ0) is 15.7. The van der Waals surface area contributed by atoms with E-state index in [1.165, 1.54) is 0 Å². The molecule has 0 unspecified atom stereocenters. The normalized spacial score (nSPS) is 36.6. The molecule has 1 heterocycles. The van der Waals surface area contributed by atoms with E-state index in [1.54, 1.807) is 0 Å². The Morgan fingerprint density at radius 2 is 2.00 bits per heavy atom. The Morgan fingerprint density at radius 3 is 2.40 bits per heavy atom. The lowest BCUT2D eigenvalue weighted by atomic mass is 9.93. The van der Waals surface area contributed by atoms with Gasteiger partial charge in [-0.15, -0.1) is 0 Å². The summed E-state index contributed by atoms with van der Waals surface area (Å²) in [5.41, 5.74) is 0. The molecule has 11 nitrogen and oxygen atoms in total. The van der Waals surface area contributed by atoms with Crippen LogP contribution in [0.4, 0.5) is 0 Å². The maximum absolute atomic E-state index is 11.1. The van der Waals surface area contributed by atoms with Gasteiger partial charge in [-0.1, -0.05) is 0 Å². The molecule has 20 heavy (non-hydrogen) atoms. The van der Waals surface area contributed by atoms with Crippen LogP contribution in [0.3, 0.4) is 0 Å². The molecule has 118 valence electrons. The summed E-state index contributed by atoms with van der Waals surface area (Å²) in [4.78, 5) is 28.5. The molecule has 1 rings (SSSR count). The van der Waals surface area contributed by atoms with Gasteiger partial charge in [-0.2, -0.15) is 0 Å². The van der Waals surface area contributed by atoms with Crippen molar-refractivity contribution < 1.29 is 53.9 Å². The third-order valence-electron chi connectivity index (χ3n) is 2.69. The van der Waals surface area contributed by atoms with E-state index in [-0.39, 0.29) is 0 Å². The van der Waals surface area contributed by atoms with Crippen molar-refractivity contribution in [3.05, 3.63) is 0 Å². The molecule has 0 saturated carbocycles. The predicted molar refractivity (Wildman–Crippen MR) is 58.1 cm³/mol. The molecule has 0 aromatic heterocycles. The fourth-order valence-corrected chi connectivity index (χ4v) is 2.37. The minimum atomic E-state index is -5.31. The standard InChI is InChI=1S/C8H15O11P/c9-2-4(11)6-5(12)3(10)1-8(18-6,7(13)14)19-20(15,16)17/h3-6,9-12H,1-2H2,(H,13,14)(H2,15,16,17)/t3-,4-,5-,6-,8+/m1/s1. The number of hydrogen-bond donors (Lipinski definition) is 7. The van der Waals surface area contributed by atoms with E-state index in [9.17, 15) is 24.7 Å². The number of rotatable bonds is 5. The molecule has 0 spiro atoms. The quantitative estimate of drug-likeness (QED) is 0.251. The second kappa shape index (κ2) is 6.02. The average molecular weight is 318 g/mol. The monoisotopic (exact) mass is 318 g/mol. The van der Waals surface area contributed by atoms with Gasteiger partial charge in [0.25, 0.3) is 5.79 Å². The third-order valence-corrected chi connectivity index (χ3v) is 3.23. The molecule has 0 aromatic carbocycles. The number of aliphatic hydroxyl groups is 4. The van der Waals surface area contributed by atoms with E-state index in [2.05, 4.69) is 4.52 Å². The summed E-state index contributed by atoms with van der Waals surface area (Å²) in [5, 5.41) is 46.3. The van der Waals surface area contributed by atoms with Crippen molar-refractivity contribution in [2.24, 2.45) is 0 Å². The Morgan fingerprint density at radius 1 is 1.45 bits per heavy atom. The molecular weight excluding hydrogens is 303 g/mol. The number of carboxylic acids is 1. The second-order valence-corrected chi connectivity index (χ2v) is 5.40. The van der Waals surface area contributed by atoms with E-state index in [1.807, 2.05) is 0 Å². The van der Waals surface area contributed by atoms with Crippen molar-refractivity contribution in [2.75, 3.05) is 6.61 Å². The van der Waals surface area contributed by atoms with E-state index in [4.69, 9.17) is 24.7 Å². The Bertz CT molecular complexity index is 407. The highest BCUT2D eigenvalue weighted by Crippen LogP contribution is 2.46. The Hall–Kier alpha value is -0.620. The van der Waals surface area contributed by atoms with Gasteiger partial charge in [0.1, 0.15) is 18.3 Å². The summed E-state index contributed by atoms with van der Waals surface area (Å²) in [6.07, 6.45) is -8.17. The zero-order valence-corrected chi connectivity index (χ0v) is 10.8. The summed E-state index contributed by atoms with van der Waals surface area (Å²) < 4.78 is 19.6. The molecule has 5 atom stereocenters. The number of hydrogen-bond acceptors (Lipinski definition) is 8. The van der Waals surface area contributed by atoms with Crippen LogP contribution in [0.2, 0.25) is 0 Å². The first-order valence-electron chi connectivity index (χ1n) is 5.35. The Balaban J connectivity index is 3.12. The second-order valence-electron chi connectivity index (χ2n) is 4.23. The summed E-state index contributed by atoms with van der Waals surface area (Å²) in [6.45, 7) is -0.944. The lowest BCUT2D eigenvalue weighted by Crippen LogP contribution is -2.62. The van der Waals surface area contributed by atoms with Crippen LogP contribution in [0.25, 0.3) is 0 Å². The van der Waals surface area contributed by atoms with Crippen LogP contribution in [0.15, 0.2) is 0 Å². The van der Waals surface area contributed by atoms with Crippen LogP contribution in [0.5, 0.6) is 0 Å². The van der Waals surface area contributed by atoms with Crippen LogP contribution in [0, 0.1) is 0 Å². The van der Waals surface area contributed by atoms with E-state index in [0.717, 1.165) is 0 Å². The van der Waals surface area contributed by atoms with Crippen molar-refractivity contribution in [3.63, 3.8) is 0 Å². The van der Waals surface area contributed by atoms with E-state index >= 15 is 0 Å². The molecule has 1 aliphatic heterocycles. The first-order chi connectivity index (χ1) is 9.02. The number of phosphoric acid groups is 1. The highest BCUT2D eigenvalue weighted by Gasteiger charge is 2.56. The highest BCUT2D eigenvalue weighted by molar-refractivity contribution is 7.46. The Labute approximate surface area is 112 Å². The molecular formula is C8H15O11P. The molecule has 12 heteroatoms. The Kier molecular flexibility index (Phi) is 5.24. The summed E-state index contributed by atoms with van der Waals surface area (Å²) in [5.74, 6) is -4.93. The number of aliphatic carboxylic acids is 1. The van der Waals surface area contributed by atoms with Gasteiger partial charge in [-0.25, -0.2) is 13.9 Å². The van der Waals surface area contributed by atoms with Gasteiger partial charge in [0.05, 0.1) is 12.7 Å². The SMILES string of the molecule is O=C(O)[C@@]1(OP(=O)(O)O)C[C@@H](O)[C@@H](O)[C@@H]([C@H](O)CO)O1. The minimum absolute atomic E-state index is 0.944. The summed E-state index contributed by atoms with van der Waals surface area (Å²) >= 11 is 0. The summed E-state index contributed by atoms with van der Waals surface area (Å²) in [7, 11) is -5.31. The van der Waals surface area contributed by atoms with Gasteiger partial charge >= 0.3 is 13.8 Å². The fraction of sp³-hybridized carbons (Fsp3) is 0.875. The molecule has 0 aliphatic carbocycles. The first-order valence-corrected chi connectivity index (χ1v) is 6.88. The predicted octanol–water partition coefficient (Wildman–Crippen LogP) is -3.26. The van der Waals surface area contributed by atoms with Gasteiger partial charge < -0.3 is 40.1 Å². The highest BCUT2D eigenvalue weighted by atomic mass is 31.2. The molecule has 7 N–H and O–H groups in total. The van der Waals surface area contributed by atoms with Gasteiger partial charge in [0.15, 0.2) is 0 Å². The average Bonchev–Trinajstić information content (AvgIpc) is 2.30. The lowest BCUT2D eigenvalue weighted by Gasteiger charge is -2.43. The largest absolute Gasteiger partial charge is 0.477 e. The van der Waals surface area contributed by atoms with Crippen LogP contribution < -0.4 is 0 Å². The third kappa shape index (κ3) is 3.73. The fourth-order valence-electron chi connectivity index (χ4n) is 1.79. The number of carboxylic acid groups (broad SMARTS) is 1. The van der Waals surface area contributed by atoms with Gasteiger partial charge in [0, 0.05) is 6.42 Å². The van der Waals surface area contributed by atoms with Crippen LogP contribution in [-0.4, -0.2) is 78.1 Å². The van der Waals surface area contributed by atoms with Gasteiger partial charge in [-0.3, -0.25) is 0 Å². The van der Waals surface area contributed by atoms with Crippen molar-refractivity contribution in [1.29, 1.82) is 0 Å². The van der Waals surface area contributed by atoms with E-state index < -0.39 is 57.0 Å². The molecule has 1 fully saturated rings.